The lowest BCUT2D eigenvalue weighted by atomic mass is 9.98. The maximum atomic E-state index is 13.7. The Bertz CT molecular complexity index is 1030. The van der Waals surface area contributed by atoms with E-state index >= 15 is 0 Å². The summed E-state index contributed by atoms with van der Waals surface area (Å²) in [6, 6.07) is 7.29. The van der Waals surface area contributed by atoms with Crippen LogP contribution in [-0.2, 0) is 23.4 Å². The molecular weight excluding hydrogens is 405 g/mol. The fraction of sp³-hybridized carbons (Fsp3) is 0.400. The molecule has 156 valence electrons. The lowest BCUT2D eigenvalue weighted by Gasteiger charge is -2.29. The third-order valence-corrected chi connectivity index (χ3v) is 5.88. The summed E-state index contributed by atoms with van der Waals surface area (Å²) in [5, 5.41) is 12.1. The summed E-state index contributed by atoms with van der Waals surface area (Å²) in [7, 11) is 1.41. The molecule has 0 fully saturated rings. The van der Waals surface area contributed by atoms with Crippen LogP contribution < -0.4 is 0 Å². The monoisotopic (exact) mass is 426 g/mol. The predicted molar refractivity (Wildman–Crippen MR) is 103 cm³/mol. The van der Waals surface area contributed by atoms with Gasteiger partial charge in [0.15, 0.2) is 0 Å². The van der Waals surface area contributed by atoms with Crippen LogP contribution in [-0.4, -0.2) is 34.1 Å². The van der Waals surface area contributed by atoms with Crippen molar-refractivity contribution in [1.29, 1.82) is 0 Å². The molecule has 0 spiro atoms. The van der Waals surface area contributed by atoms with E-state index in [1.165, 1.54) is 24.3 Å². The Morgan fingerprint density at radius 1 is 1.31 bits per heavy atom. The van der Waals surface area contributed by atoms with Crippen molar-refractivity contribution in [3.05, 3.63) is 51.7 Å². The van der Waals surface area contributed by atoms with Gasteiger partial charge in [0.05, 0.1) is 6.42 Å². The number of amides is 1. The Morgan fingerprint density at radius 3 is 2.59 bits per heavy atom. The van der Waals surface area contributed by atoms with Crippen molar-refractivity contribution in [2.75, 3.05) is 7.05 Å². The van der Waals surface area contributed by atoms with Crippen LogP contribution in [0.5, 0.6) is 0 Å². The van der Waals surface area contributed by atoms with Crippen LogP contribution in [0.15, 0.2) is 34.1 Å². The van der Waals surface area contributed by atoms with Gasteiger partial charge >= 0.3 is 6.18 Å². The van der Waals surface area contributed by atoms with E-state index in [9.17, 15) is 23.1 Å². The van der Waals surface area contributed by atoms with Gasteiger partial charge in [0.25, 0.3) is 0 Å². The van der Waals surface area contributed by atoms with E-state index in [1.807, 2.05) is 25.1 Å². The third-order valence-electron chi connectivity index (χ3n) is 4.77. The standard InChI is InChI=1S/C20H21F3N2O3S/c1-4-15-14(13-7-5-6-8-16(13)28-15)10-25(3)17(26)9-19(27,20(21,22)23)18-24-12(2)11-29-18/h5-8,11,27H,4,9-10H2,1-3H3. The Morgan fingerprint density at radius 2 is 2.00 bits per heavy atom. The average molecular weight is 426 g/mol. The fourth-order valence-corrected chi connectivity index (χ4v) is 4.04. The van der Waals surface area contributed by atoms with Crippen LogP contribution in [0.2, 0.25) is 0 Å². The summed E-state index contributed by atoms with van der Waals surface area (Å²) < 4.78 is 46.8. The molecule has 1 amide bonds. The lowest BCUT2D eigenvalue weighted by Crippen LogP contribution is -2.46. The number of alkyl halides is 3. The Hall–Kier alpha value is -2.39. The van der Waals surface area contributed by atoms with Crippen molar-refractivity contribution in [2.24, 2.45) is 0 Å². The molecule has 0 aliphatic rings. The molecule has 0 radical (unpaired) electrons. The number of furan rings is 1. The van der Waals surface area contributed by atoms with Crippen molar-refractivity contribution >= 4 is 28.2 Å². The predicted octanol–water partition coefficient (Wildman–Crippen LogP) is 4.56. The highest BCUT2D eigenvalue weighted by molar-refractivity contribution is 7.09. The number of para-hydroxylation sites is 1. The van der Waals surface area contributed by atoms with E-state index in [1.54, 1.807) is 6.07 Å². The molecule has 2 heterocycles. The minimum absolute atomic E-state index is 0.0733. The molecule has 0 aliphatic carbocycles. The molecule has 0 bridgehead atoms. The number of hydrogen-bond donors (Lipinski definition) is 1. The summed E-state index contributed by atoms with van der Waals surface area (Å²) in [4.78, 5) is 17.6. The highest BCUT2D eigenvalue weighted by Crippen LogP contribution is 2.43. The van der Waals surface area contributed by atoms with Gasteiger partial charge in [-0.05, 0) is 13.0 Å². The van der Waals surface area contributed by atoms with Crippen molar-refractivity contribution in [3.63, 3.8) is 0 Å². The number of halogens is 3. The molecular formula is C20H21F3N2O3S. The van der Waals surface area contributed by atoms with Gasteiger partial charge in [-0.2, -0.15) is 13.2 Å². The second kappa shape index (κ2) is 7.79. The van der Waals surface area contributed by atoms with Gasteiger partial charge in [-0.1, -0.05) is 25.1 Å². The van der Waals surface area contributed by atoms with Gasteiger partial charge in [-0.3, -0.25) is 4.79 Å². The van der Waals surface area contributed by atoms with Gasteiger partial charge in [-0.25, -0.2) is 4.98 Å². The minimum Gasteiger partial charge on any atom is -0.461 e. The Kier molecular flexibility index (Phi) is 5.73. The molecule has 3 rings (SSSR count). The van der Waals surface area contributed by atoms with E-state index in [4.69, 9.17) is 4.42 Å². The number of hydrogen-bond acceptors (Lipinski definition) is 5. The van der Waals surface area contributed by atoms with E-state index < -0.39 is 29.1 Å². The number of rotatable bonds is 6. The zero-order valence-electron chi connectivity index (χ0n) is 16.2. The van der Waals surface area contributed by atoms with Crippen LogP contribution in [0.4, 0.5) is 13.2 Å². The summed E-state index contributed by atoms with van der Waals surface area (Å²) in [6.07, 6.45) is -5.60. The summed E-state index contributed by atoms with van der Waals surface area (Å²) >= 11 is 0.684. The number of aryl methyl sites for hydroxylation is 2. The van der Waals surface area contributed by atoms with Gasteiger partial charge in [0.2, 0.25) is 11.5 Å². The smallest absolute Gasteiger partial charge is 0.424 e. The first-order valence-electron chi connectivity index (χ1n) is 9.01. The molecule has 1 atom stereocenters. The zero-order valence-corrected chi connectivity index (χ0v) is 17.0. The highest BCUT2D eigenvalue weighted by atomic mass is 32.1. The van der Waals surface area contributed by atoms with E-state index in [0.29, 0.717) is 34.8 Å². The first-order chi connectivity index (χ1) is 13.6. The average Bonchev–Trinajstić information content (AvgIpc) is 3.24. The number of carbonyl (C=O) groups is 1. The van der Waals surface area contributed by atoms with E-state index in [2.05, 4.69) is 4.98 Å². The molecule has 2 aromatic heterocycles. The second-order valence-electron chi connectivity index (χ2n) is 6.93. The number of aliphatic hydroxyl groups is 1. The second-order valence-corrected chi connectivity index (χ2v) is 7.79. The highest BCUT2D eigenvalue weighted by Gasteiger charge is 2.58. The van der Waals surface area contributed by atoms with Crippen molar-refractivity contribution in [2.45, 2.75) is 45.0 Å². The molecule has 29 heavy (non-hydrogen) atoms. The van der Waals surface area contributed by atoms with Crippen molar-refractivity contribution in [3.8, 4) is 0 Å². The number of carbonyl (C=O) groups excluding carboxylic acids is 1. The number of aromatic nitrogens is 1. The summed E-state index contributed by atoms with van der Waals surface area (Å²) in [5.74, 6) is -0.169. The van der Waals surface area contributed by atoms with Gasteiger partial charge in [0, 0.05) is 42.0 Å². The van der Waals surface area contributed by atoms with Crippen LogP contribution in [0.25, 0.3) is 11.0 Å². The van der Waals surface area contributed by atoms with Gasteiger partial charge in [-0.15, -0.1) is 11.3 Å². The normalized spacial score (nSPS) is 14.2. The summed E-state index contributed by atoms with van der Waals surface area (Å²) in [5.41, 5.74) is -1.57. The molecule has 0 saturated carbocycles. The van der Waals surface area contributed by atoms with Gasteiger partial charge < -0.3 is 14.4 Å². The molecule has 1 unspecified atom stereocenters. The molecule has 0 saturated heterocycles. The molecule has 1 N–H and O–H groups in total. The molecule has 9 heteroatoms. The SMILES string of the molecule is CCc1oc2ccccc2c1CN(C)C(=O)CC(O)(c1nc(C)cs1)C(F)(F)F. The van der Waals surface area contributed by atoms with Crippen LogP contribution in [0.1, 0.15) is 35.4 Å². The van der Waals surface area contributed by atoms with Crippen LogP contribution in [0.3, 0.4) is 0 Å². The Labute approximate surface area is 169 Å². The van der Waals surface area contributed by atoms with Gasteiger partial charge in [0.1, 0.15) is 16.4 Å². The van der Waals surface area contributed by atoms with E-state index in [-0.39, 0.29) is 6.54 Å². The molecule has 5 nitrogen and oxygen atoms in total. The summed E-state index contributed by atoms with van der Waals surface area (Å²) in [6.45, 7) is 3.50. The third kappa shape index (κ3) is 4.02. The van der Waals surface area contributed by atoms with Crippen LogP contribution in [0, 0.1) is 6.92 Å². The first kappa shape index (κ1) is 21.3. The van der Waals surface area contributed by atoms with Crippen molar-refractivity contribution in [1.82, 2.24) is 9.88 Å². The first-order valence-corrected chi connectivity index (χ1v) is 9.89. The number of nitrogens with zero attached hydrogens (tertiary/aromatic N) is 2. The van der Waals surface area contributed by atoms with E-state index in [0.717, 1.165) is 10.9 Å². The Balaban J connectivity index is 1.86. The topological polar surface area (TPSA) is 66.6 Å². The zero-order chi connectivity index (χ0) is 21.4. The minimum atomic E-state index is -5.04. The van der Waals surface area contributed by atoms with Crippen LogP contribution >= 0.6 is 11.3 Å². The maximum absolute atomic E-state index is 13.7. The quantitative estimate of drug-likeness (QED) is 0.628. The fourth-order valence-electron chi connectivity index (χ4n) is 3.13. The largest absolute Gasteiger partial charge is 0.461 e. The molecule has 1 aromatic carbocycles. The molecule has 3 aromatic rings. The number of fused-ring (bicyclic) bond motifs is 1. The molecule has 0 aliphatic heterocycles. The number of benzene rings is 1. The number of thiazole rings is 1. The maximum Gasteiger partial charge on any atom is 0.424 e. The lowest BCUT2D eigenvalue weighted by molar-refractivity contribution is -0.268. The van der Waals surface area contributed by atoms with Crippen molar-refractivity contribution < 1.29 is 27.5 Å².